The summed E-state index contributed by atoms with van der Waals surface area (Å²) in [5, 5.41) is 9.36. The van der Waals surface area contributed by atoms with Crippen LogP contribution < -0.4 is 0 Å². The number of hydrogen-bond donors (Lipinski definition) is 1. The highest BCUT2D eigenvalue weighted by Crippen LogP contribution is 2.31. The first kappa shape index (κ1) is 13.1. The van der Waals surface area contributed by atoms with Crippen LogP contribution in [0.2, 0.25) is 0 Å². The van der Waals surface area contributed by atoms with Gasteiger partial charge < -0.3 is 5.11 Å². The van der Waals surface area contributed by atoms with E-state index in [1.165, 1.54) is 31.2 Å². The molecule has 1 atom stereocenters. The van der Waals surface area contributed by atoms with Crippen molar-refractivity contribution in [3.8, 4) is 0 Å². The first-order valence-corrected chi connectivity index (χ1v) is 6.93. The van der Waals surface area contributed by atoms with E-state index in [4.69, 9.17) is 0 Å². The van der Waals surface area contributed by atoms with E-state index < -0.39 is 5.97 Å². The van der Waals surface area contributed by atoms with Gasteiger partial charge in [-0.2, -0.15) is 0 Å². The maximum atomic E-state index is 11.4. The van der Waals surface area contributed by atoms with Crippen molar-refractivity contribution in [3.05, 3.63) is 35.4 Å². The van der Waals surface area contributed by atoms with Gasteiger partial charge in [0.1, 0.15) is 0 Å². The molecule has 0 radical (unpaired) electrons. The summed E-state index contributed by atoms with van der Waals surface area (Å²) in [5.41, 5.74) is 2.36. The van der Waals surface area contributed by atoms with Crippen molar-refractivity contribution in [2.24, 2.45) is 11.8 Å². The predicted molar refractivity (Wildman–Crippen MR) is 72.6 cm³/mol. The van der Waals surface area contributed by atoms with Gasteiger partial charge in [-0.25, -0.2) is 0 Å². The molecular weight excluding hydrogens is 224 g/mol. The van der Waals surface area contributed by atoms with Crippen molar-refractivity contribution in [1.82, 2.24) is 0 Å². The summed E-state index contributed by atoms with van der Waals surface area (Å²) >= 11 is 0. The number of carboxylic acid groups (broad SMARTS) is 1. The summed E-state index contributed by atoms with van der Waals surface area (Å²) in [5.74, 6) is -0.214. The maximum absolute atomic E-state index is 11.4. The molecule has 0 heterocycles. The average Bonchev–Trinajstić information content (AvgIpc) is 2.81. The van der Waals surface area contributed by atoms with E-state index in [9.17, 15) is 9.90 Å². The lowest BCUT2D eigenvalue weighted by atomic mass is 9.88. The number of aryl methyl sites for hydroxylation is 1. The van der Waals surface area contributed by atoms with E-state index in [0.717, 1.165) is 12.0 Å². The zero-order valence-corrected chi connectivity index (χ0v) is 11.1. The van der Waals surface area contributed by atoms with Gasteiger partial charge in [0.05, 0.1) is 5.92 Å². The minimum absolute atomic E-state index is 0.213. The van der Waals surface area contributed by atoms with Crippen LogP contribution in [0.15, 0.2) is 24.3 Å². The third-order valence-corrected chi connectivity index (χ3v) is 4.01. The Morgan fingerprint density at radius 3 is 2.72 bits per heavy atom. The molecule has 1 aliphatic carbocycles. The minimum Gasteiger partial charge on any atom is -0.481 e. The molecule has 0 spiro atoms. The van der Waals surface area contributed by atoms with Gasteiger partial charge in [-0.15, -0.1) is 0 Å². The quantitative estimate of drug-likeness (QED) is 0.857. The second-order valence-corrected chi connectivity index (χ2v) is 5.61. The zero-order chi connectivity index (χ0) is 13.0. The number of aliphatic carboxylic acids is 1. The van der Waals surface area contributed by atoms with E-state index in [-0.39, 0.29) is 5.92 Å². The fourth-order valence-electron chi connectivity index (χ4n) is 3.04. The Kier molecular flexibility index (Phi) is 4.40. The van der Waals surface area contributed by atoms with E-state index in [1.807, 2.05) is 12.1 Å². The lowest BCUT2D eigenvalue weighted by Gasteiger charge is -2.17. The third-order valence-electron chi connectivity index (χ3n) is 4.01. The Morgan fingerprint density at radius 2 is 2.11 bits per heavy atom. The van der Waals surface area contributed by atoms with Crippen LogP contribution >= 0.6 is 0 Å². The number of rotatable bonds is 5. The zero-order valence-electron chi connectivity index (χ0n) is 11.1. The van der Waals surface area contributed by atoms with Crippen LogP contribution in [-0.2, 0) is 11.2 Å². The molecule has 1 saturated carbocycles. The van der Waals surface area contributed by atoms with Crippen LogP contribution in [-0.4, -0.2) is 11.1 Å². The Hall–Kier alpha value is -1.31. The molecule has 0 saturated heterocycles. The molecule has 1 aliphatic rings. The minimum atomic E-state index is -0.636. The number of carboxylic acids is 1. The fraction of sp³-hybridized carbons (Fsp3) is 0.562. The second kappa shape index (κ2) is 6.03. The number of carbonyl (C=O) groups is 1. The Bertz CT molecular complexity index is 405. The third kappa shape index (κ3) is 3.59. The highest BCUT2D eigenvalue weighted by molar-refractivity contribution is 5.70. The van der Waals surface area contributed by atoms with Crippen molar-refractivity contribution in [1.29, 1.82) is 0 Å². The largest absolute Gasteiger partial charge is 0.481 e. The smallest absolute Gasteiger partial charge is 0.306 e. The molecule has 0 aromatic heterocycles. The van der Waals surface area contributed by atoms with E-state index >= 15 is 0 Å². The van der Waals surface area contributed by atoms with Crippen molar-refractivity contribution in [3.63, 3.8) is 0 Å². The van der Waals surface area contributed by atoms with Crippen molar-refractivity contribution in [2.75, 3.05) is 0 Å². The maximum Gasteiger partial charge on any atom is 0.306 e. The standard InChI is InChI=1S/C16H22O2/c1-12-5-4-8-14(9-12)11-15(16(17)18)10-13-6-2-3-7-13/h4-5,8-9,13,15H,2-3,6-7,10-11H2,1H3,(H,17,18). The lowest BCUT2D eigenvalue weighted by molar-refractivity contribution is -0.142. The van der Waals surface area contributed by atoms with E-state index in [1.54, 1.807) is 0 Å². The average molecular weight is 246 g/mol. The molecule has 1 aromatic rings. The molecule has 18 heavy (non-hydrogen) atoms. The first-order chi connectivity index (χ1) is 8.65. The molecule has 1 fully saturated rings. The van der Waals surface area contributed by atoms with Crippen LogP contribution in [0, 0.1) is 18.8 Å². The van der Waals surface area contributed by atoms with Gasteiger partial charge in [-0.3, -0.25) is 4.79 Å². The summed E-state index contributed by atoms with van der Waals surface area (Å²) in [4.78, 5) is 11.4. The van der Waals surface area contributed by atoms with Crippen LogP contribution in [0.5, 0.6) is 0 Å². The van der Waals surface area contributed by atoms with E-state index in [0.29, 0.717) is 12.3 Å². The summed E-state index contributed by atoms with van der Waals surface area (Å²) in [6.45, 7) is 2.05. The fourth-order valence-corrected chi connectivity index (χ4v) is 3.04. The molecule has 1 N–H and O–H groups in total. The molecule has 2 rings (SSSR count). The molecule has 98 valence electrons. The van der Waals surface area contributed by atoms with Crippen LogP contribution in [0.25, 0.3) is 0 Å². The predicted octanol–water partition coefficient (Wildman–Crippen LogP) is 3.82. The SMILES string of the molecule is Cc1cccc(CC(CC2CCCC2)C(=O)O)c1. The molecule has 0 amide bonds. The van der Waals surface area contributed by atoms with Crippen molar-refractivity contribution >= 4 is 5.97 Å². The van der Waals surface area contributed by atoms with Crippen molar-refractivity contribution < 1.29 is 9.90 Å². The monoisotopic (exact) mass is 246 g/mol. The molecular formula is C16H22O2. The molecule has 2 heteroatoms. The molecule has 1 aromatic carbocycles. The summed E-state index contributed by atoms with van der Waals surface area (Å²) in [7, 11) is 0. The summed E-state index contributed by atoms with van der Waals surface area (Å²) in [6.07, 6.45) is 6.52. The summed E-state index contributed by atoms with van der Waals surface area (Å²) in [6, 6.07) is 8.21. The Morgan fingerprint density at radius 1 is 1.39 bits per heavy atom. The van der Waals surface area contributed by atoms with Crippen molar-refractivity contribution in [2.45, 2.75) is 45.4 Å². The van der Waals surface area contributed by atoms with Crippen LogP contribution in [0.3, 0.4) is 0 Å². The molecule has 1 unspecified atom stereocenters. The highest BCUT2D eigenvalue weighted by atomic mass is 16.4. The van der Waals surface area contributed by atoms with Crippen LogP contribution in [0.1, 0.15) is 43.2 Å². The van der Waals surface area contributed by atoms with Gasteiger partial charge >= 0.3 is 5.97 Å². The Labute approximate surface area is 109 Å². The van der Waals surface area contributed by atoms with Gasteiger partial charge in [0.2, 0.25) is 0 Å². The van der Waals surface area contributed by atoms with E-state index in [2.05, 4.69) is 19.1 Å². The highest BCUT2D eigenvalue weighted by Gasteiger charge is 2.24. The summed E-state index contributed by atoms with van der Waals surface area (Å²) < 4.78 is 0. The van der Waals surface area contributed by atoms with Gasteiger partial charge in [0.15, 0.2) is 0 Å². The molecule has 2 nitrogen and oxygen atoms in total. The molecule has 0 bridgehead atoms. The second-order valence-electron chi connectivity index (χ2n) is 5.61. The van der Waals surface area contributed by atoms with Gasteiger partial charge in [0.25, 0.3) is 0 Å². The van der Waals surface area contributed by atoms with Gasteiger partial charge in [-0.1, -0.05) is 55.5 Å². The lowest BCUT2D eigenvalue weighted by Crippen LogP contribution is -2.19. The first-order valence-electron chi connectivity index (χ1n) is 6.93. The molecule has 0 aliphatic heterocycles. The topological polar surface area (TPSA) is 37.3 Å². The Balaban J connectivity index is 1.99. The van der Waals surface area contributed by atoms with Gasteiger partial charge in [0, 0.05) is 0 Å². The van der Waals surface area contributed by atoms with Gasteiger partial charge in [-0.05, 0) is 31.2 Å². The number of hydrogen-bond acceptors (Lipinski definition) is 1. The normalized spacial score (nSPS) is 17.8. The van der Waals surface area contributed by atoms with Crippen LogP contribution in [0.4, 0.5) is 0 Å². The number of benzene rings is 1.